The van der Waals surface area contributed by atoms with E-state index in [1.54, 1.807) is 0 Å². The first kappa shape index (κ1) is 12.9. The van der Waals surface area contributed by atoms with Crippen LogP contribution >= 0.6 is 11.3 Å². The molecule has 0 spiro atoms. The Morgan fingerprint density at radius 3 is 2.75 bits per heavy atom. The molecule has 0 atom stereocenters. The third kappa shape index (κ3) is 4.58. The van der Waals surface area contributed by atoms with Crippen molar-refractivity contribution >= 4 is 17.3 Å². The van der Waals surface area contributed by atoms with Crippen molar-refractivity contribution in [3.8, 4) is 0 Å². The van der Waals surface area contributed by atoms with E-state index in [-0.39, 0.29) is 11.6 Å². The number of ether oxygens (including phenoxy) is 1. The van der Waals surface area contributed by atoms with Crippen LogP contribution in [0.25, 0.3) is 0 Å². The highest BCUT2D eigenvalue weighted by molar-refractivity contribution is 7.11. The summed E-state index contributed by atoms with van der Waals surface area (Å²) >= 11 is 0.908. The number of carboxylic acid groups (broad SMARTS) is 1. The van der Waals surface area contributed by atoms with Crippen LogP contribution in [0.15, 0.2) is 5.38 Å². The van der Waals surface area contributed by atoms with Gasteiger partial charge in [0, 0.05) is 5.38 Å². The number of carbonyl (C=O) groups is 1. The SMILES string of the molecule is O=C(O)c1nc(COCCC(F)(F)F)cs1. The van der Waals surface area contributed by atoms with Crippen molar-refractivity contribution in [3.63, 3.8) is 0 Å². The second-order valence-corrected chi connectivity index (χ2v) is 3.73. The molecule has 0 aromatic carbocycles. The lowest BCUT2D eigenvalue weighted by atomic mass is 10.4. The van der Waals surface area contributed by atoms with Crippen molar-refractivity contribution < 1.29 is 27.8 Å². The lowest BCUT2D eigenvalue weighted by Crippen LogP contribution is -2.11. The Bertz CT molecular complexity index is 364. The fourth-order valence-corrected chi connectivity index (χ4v) is 1.48. The zero-order valence-electron chi connectivity index (χ0n) is 7.95. The number of hydrogen-bond donors (Lipinski definition) is 1. The molecule has 0 aliphatic carbocycles. The summed E-state index contributed by atoms with van der Waals surface area (Å²) in [6.45, 7) is -0.566. The van der Waals surface area contributed by atoms with Crippen LogP contribution in [0, 0.1) is 0 Å². The number of thiazole rings is 1. The maximum absolute atomic E-state index is 11.7. The van der Waals surface area contributed by atoms with E-state index < -0.39 is 25.2 Å². The van der Waals surface area contributed by atoms with Gasteiger partial charge in [-0.15, -0.1) is 11.3 Å². The van der Waals surface area contributed by atoms with E-state index in [1.807, 2.05) is 0 Å². The topological polar surface area (TPSA) is 59.4 Å². The van der Waals surface area contributed by atoms with Gasteiger partial charge in [0.1, 0.15) is 0 Å². The van der Waals surface area contributed by atoms with E-state index >= 15 is 0 Å². The summed E-state index contributed by atoms with van der Waals surface area (Å²) in [4.78, 5) is 14.1. The van der Waals surface area contributed by atoms with E-state index in [0.29, 0.717) is 5.69 Å². The van der Waals surface area contributed by atoms with E-state index in [2.05, 4.69) is 4.98 Å². The van der Waals surface area contributed by atoms with Gasteiger partial charge in [0.2, 0.25) is 5.01 Å². The normalized spacial score (nSPS) is 11.7. The summed E-state index contributed by atoms with van der Waals surface area (Å²) in [7, 11) is 0. The maximum atomic E-state index is 11.7. The van der Waals surface area contributed by atoms with Crippen molar-refractivity contribution in [2.45, 2.75) is 19.2 Å². The first-order valence-corrected chi connectivity index (χ1v) is 5.08. The summed E-state index contributed by atoms with van der Waals surface area (Å²) in [5, 5.41) is 9.87. The van der Waals surface area contributed by atoms with Crippen molar-refractivity contribution in [3.05, 3.63) is 16.1 Å². The van der Waals surface area contributed by atoms with Gasteiger partial charge in [-0.1, -0.05) is 0 Å². The van der Waals surface area contributed by atoms with Crippen LogP contribution in [0.4, 0.5) is 13.2 Å². The van der Waals surface area contributed by atoms with Gasteiger partial charge in [-0.2, -0.15) is 13.2 Å². The first-order valence-electron chi connectivity index (χ1n) is 4.20. The summed E-state index contributed by atoms with van der Waals surface area (Å²) in [6.07, 6.45) is -5.27. The van der Waals surface area contributed by atoms with Crippen molar-refractivity contribution in [1.82, 2.24) is 4.98 Å². The number of carboxylic acids is 1. The fourth-order valence-electron chi connectivity index (χ4n) is 0.836. The first-order chi connectivity index (χ1) is 7.38. The van der Waals surface area contributed by atoms with Crippen LogP contribution in [-0.2, 0) is 11.3 Å². The molecular weight excluding hydrogens is 247 g/mol. The van der Waals surface area contributed by atoms with Crippen LogP contribution in [0.5, 0.6) is 0 Å². The second-order valence-electron chi connectivity index (χ2n) is 2.87. The lowest BCUT2D eigenvalue weighted by Gasteiger charge is -2.05. The Labute approximate surface area is 92.7 Å². The Balaban J connectivity index is 2.30. The summed E-state index contributed by atoms with van der Waals surface area (Å²) < 4.78 is 39.9. The third-order valence-corrected chi connectivity index (χ3v) is 2.39. The fraction of sp³-hybridized carbons (Fsp3) is 0.500. The van der Waals surface area contributed by atoms with Gasteiger partial charge in [0.25, 0.3) is 0 Å². The Morgan fingerprint density at radius 1 is 1.56 bits per heavy atom. The zero-order chi connectivity index (χ0) is 12.2. The van der Waals surface area contributed by atoms with Crippen molar-refractivity contribution in [2.24, 2.45) is 0 Å². The molecule has 0 aliphatic heterocycles. The molecule has 16 heavy (non-hydrogen) atoms. The van der Waals surface area contributed by atoms with Crippen molar-refractivity contribution in [2.75, 3.05) is 6.61 Å². The zero-order valence-corrected chi connectivity index (χ0v) is 8.77. The van der Waals surface area contributed by atoms with Crippen LogP contribution in [0.3, 0.4) is 0 Å². The standard InChI is InChI=1S/C8H8F3NO3S/c9-8(10,11)1-2-15-3-5-4-16-6(12-5)7(13)14/h4H,1-3H2,(H,13,14). The summed E-state index contributed by atoms with van der Waals surface area (Å²) in [5.41, 5.74) is 0.324. The molecule has 8 heteroatoms. The van der Waals surface area contributed by atoms with Gasteiger partial charge in [-0.3, -0.25) is 0 Å². The van der Waals surface area contributed by atoms with Crippen LogP contribution < -0.4 is 0 Å². The average molecular weight is 255 g/mol. The molecule has 0 saturated carbocycles. The molecule has 0 amide bonds. The molecule has 0 radical (unpaired) electrons. The molecule has 90 valence electrons. The monoisotopic (exact) mass is 255 g/mol. The van der Waals surface area contributed by atoms with Gasteiger partial charge in [-0.25, -0.2) is 9.78 Å². The van der Waals surface area contributed by atoms with Gasteiger partial charge in [-0.05, 0) is 0 Å². The van der Waals surface area contributed by atoms with E-state index in [0.717, 1.165) is 11.3 Å². The van der Waals surface area contributed by atoms with Gasteiger partial charge in [0.15, 0.2) is 0 Å². The molecule has 0 bridgehead atoms. The molecule has 1 N–H and O–H groups in total. The molecular formula is C8H8F3NO3S. The lowest BCUT2D eigenvalue weighted by molar-refractivity contribution is -0.146. The van der Waals surface area contributed by atoms with Gasteiger partial charge < -0.3 is 9.84 Å². The summed E-state index contributed by atoms with van der Waals surface area (Å²) in [5.74, 6) is -1.16. The van der Waals surface area contributed by atoms with Crippen LogP contribution in [-0.4, -0.2) is 28.8 Å². The molecule has 4 nitrogen and oxygen atoms in total. The minimum Gasteiger partial charge on any atom is -0.476 e. The molecule has 0 unspecified atom stereocenters. The highest BCUT2D eigenvalue weighted by atomic mass is 32.1. The highest BCUT2D eigenvalue weighted by Gasteiger charge is 2.26. The van der Waals surface area contributed by atoms with Crippen LogP contribution in [0.1, 0.15) is 21.9 Å². The molecule has 1 aromatic rings. The number of hydrogen-bond acceptors (Lipinski definition) is 4. The third-order valence-electron chi connectivity index (χ3n) is 1.51. The van der Waals surface area contributed by atoms with Gasteiger partial charge >= 0.3 is 12.1 Å². The predicted molar refractivity (Wildman–Crippen MR) is 49.4 cm³/mol. The number of aromatic carboxylic acids is 1. The smallest absolute Gasteiger partial charge is 0.391 e. The van der Waals surface area contributed by atoms with Crippen LogP contribution in [0.2, 0.25) is 0 Å². The Hall–Kier alpha value is -1.15. The minimum absolute atomic E-state index is 0.102. The van der Waals surface area contributed by atoms with E-state index in [9.17, 15) is 18.0 Å². The second kappa shape index (κ2) is 5.26. The number of halogens is 3. The largest absolute Gasteiger partial charge is 0.476 e. The number of nitrogens with zero attached hydrogens (tertiary/aromatic N) is 1. The quantitative estimate of drug-likeness (QED) is 0.820. The number of aromatic nitrogens is 1. The molecule has 0 fully saturated rings. The van der Waals surface area contributed by atoms with E-state index in [1.165, 1.54) is 5.38 Å². The Kier molecular flexibility index (Phi) is 4.25. The Morgan fingerprint density at radius 2 is 2.25 bits per heavy atom. The molecule has 1 rings (SSSR count). The maximum Gasteiger partial charge on any atom is 0.391 e. The molecule has 0 saturated heterocycles. The minimum atomic E-state index is -4.24. The molecule has 1 aromatic heterocycles. The molecule has 0 aliphatic rings. The highest BCUT2D eigenvalue weighted by Crippen LogP contribution is 2.19. The number of alkyl halides is 3. The summed E-state index contributed by atoms with van der Waals surface area (Å²) in [6, 6.07) is 0. The molecule has 1 heterocycles. The average Bonchev–Trinajstić information content (AvgIpc) is 2.59. The van der Waals surface area contributed by atoms with Crippen molar-refractivity contribution in [1.29, 1.82) is 0 Å². The van der Waals surface area contributed by atoms with E-state index in [4.69, 9.17) is 9.84 Å². The predicted octanol–water partition coefficient (Wildman–Crippen LogP) is 2.31. The number of rotatable bonds is 5. The van der Waals surface area contributed by atoms with Gasteiger partial charge in [0.05, 0.1) is 25.3 Å².